The van der Waals surface area contributed by atoms with Crippen molar-refractivity contribution < 1.29 is 4.74 Å². The topological polar surface area (TPSA) is 9.23 Å². The Hall–Kier alpha value is -1.25. The molecule has 0 atom stereocenters. The van der Waals surface area contributed by atoms with Gasteiger partial charge in [-0.1, -0.05) is 54.6 Å². The summed E-state index contributed by atoms with van der Waals surface area (Å²) in [4.78, 5) is 0. The summed E-state index contributed by atoms with van der Waals surface area (Å²) in [6.45, 7) is 0.657. The molecule has 0 aliphatic heterocycles. The van der Waals surface area contributed by atoms with Gasteiger partial charge >= 0.3 is 0 Å². The SMILES string of the molecule is SCOCc1ccc(C2CCC(c3ccccc3)CC2)cc1. The van der Waals surface area contributed by atoms with Gasteiger partial charge in [-0.2, -0.15) is 12.6 Å². The minimum absolute atomic E-state index is 0.477. The third-order valence-electron chi connectivity index (χ3n) is 4.81. The monoisotopic (exact) mass is 312 g/mol. The lowest BCUT2D eigenvalue weighted by molar-refractivity contribution is 0.170. The zero-order valence-corrected chi connectivity index (χ0v) is 13.8. The molecule has 0 radical (unpaired) electrons. The Morgan fingerprint density at radius 2 is 1.32 bits per heavy atom. The van der Waals surface area contributed by atoms with Gasteiger partial charge < -0.3 is 4.74 Å². The first-order chi connectivity index (χ1) is 10.9. The van der Waals surface area contributed by atoms with Crippen molar-refractivity contribution in [2.75, 3.05) is 5.94 Å². The molecular weight excluding hydrogens is 288 g/mol. The summed E-state index contributed by atoms with van der Waals surface area (Å²) in [6, 6.07) is 19.9. The molecule has 0 aromatic heterocycles. The maximum Gasteiger partial charge on any atom is 0.0897 e. The fraction of sp³-hybridized carbons (Fsp3) is 0.400. The molecule has 0 amide bonds. The molecule has 116 valence electrons. The number of benzene rings is 2. The predicted octanol–water partition coefficient (Wildman–Crippen LogP) is 5.53. The molecule has 0 N–H and O–H groups in total. The Morgan fingerprint density at radius 1 is 0.773 bits per heavy atom. The average Bonchev–Trinajstić information content (AvgIpc) is 2.61. The Bertz CT molecular complexity index is 556. The van der Waals surface area contributed by atoms with E-state index in [1.165, 1.54) is 42.4 Å². The first-order valence-electron chi connectivity index (χ1n) is 8.19. The van der Waals surface area contributed by atoms with Crippen molar-refractivity contribution in [1.82, 2.24) is 0 Å². The molecule has 0 unspecified atom stereocenters. The van der Waals surface area contributed by atoms with E-state index in [0.29, 0.717) is 12.5 Å². The summed E-state index contributed by atoms with van der Waals surface area (Å²) in [7, 11) is 0. The van der Waals surface area contributed by atoms with Gasteiger partial charge in [0, 0.05) is 0 Å². The van der Waals surface area contributed by atoms with Gasteiger partial charge in [0.2, 0.25) is 0 Å². The summed E-state index contributed by atoms with van der Waals surface area (Å²) >= 11 is 4.07. The van der Waals surface area contributed by atoms with Crippen LogP contribution in [0.25, 0.3) is 0 Å². The van der Waals surface area contributed by atoms with Crippen molar-refractivity contribution in [3.05, 3.63) is 71.3 Å². The summed E-state index contributed by atoms with van der Waals surface area (Å²) in [5.74, 6) is 1.95. The van der Waals surface area contributed by atoms with Crippen LogP contribution < -0.4 is 0 Å². The van der Waals surface area contributed by atoms with Gasteiger partial charge in [-0.3, -0.25) is 0 Å². The number of thiol groups is 1. The van der Waals surface area contributed by atoms with Crippen LogP contribution in [0, 0.1) is 0 Å². The summed E-state index contributed by atoms with van der Waals surface area (Å²) in [5, 5.41) is 0. The minimum atomic E-state index is 0.477. The number of ether oxygens (including phenoxy) is 1. The lowest BCUT2D eigenvalue weighted by Crippen LogP contribution is -2.12. The predicted molar refractivity (Wildman–Crippen MR) is 95.5 cm³/mol. The van der Waals surface area contributed by atoms with E-state index >= 15 is 0 Å². The van der Waals surface area contributed by atoms with Crippen LogP contribution in [-0.2, 0) is 11.3 Å². The summed E-state index contributed by atoms with van der Waals surface area (Å²) < 4.78 is 5.33. The Balaban J connectivity index is 1.57. The van der Waals surface area contributed by atoms with Crippen molar-refractivity contribution in [3.63, 3.8) is 0 Å². The molecule has 1 aliphatic rings. The molecule has 3 rings (SSSR count). The van der Waals surface area contributed by atoms with Crippen molar-refractivity contribution in [2.45, 2.75) is 44.1 Å². The van der Waals surface area contributed by atoms with Crippen molar-refractivity contribution in [3.8, 4) is 0 Å². The van der Waals surface area contributed by atoms with Gasteiger partial charge in [0.1, 0.15) is 0 Å². The number of rotatable bonds is 5. The quantitative estimate of drug-likeness (QED) is 0.564. The second-order valence-electron chi connectivity index (χ2n) is 6.18. The second kappa shape index (κ2) is 7.85. The maximum atomic E-state index is 5.33. The summed E-state index contributed by atoms with van der Waals surface area (Å²) in [6.07, 6.45) is 5.20. The van der Waals surface area contributed by atoms with Crippen molar-refractivity contribution in [2.24, 2.45) is 0 Å². The Morgan fingerprint density at radius 3 is 1.86 bits per heavy atom. The van der Waals surface area contributed by atoms with Gasteiger partial charge in [-0.05, 0) is 54.2 Å². The van der Waals surface area contributed by atoms with Crippen LogP contribution in [0.15, 0.2) is 54.6 Å². The Labute approximate surface area is 139 Å². The molecule has 1 fully saturated rings. The minimum Gasteiger partial charge on any atom is -0.366 e. The molecule has 2 aromatic rings. The van der Waals surface area contributed by atoms with E-state index in [-0.39, 0.29) is 0 Å². The first kappa shape index (κ1) is 15.6. The lowest BCUT2D eigenvalue weighted by Gasteiger charge is -2.29. The lowest BCUT2D eigenvalue weighted by atomic mass is 9.76. The van der Waals surface area contributed by atoms with E-state index in [4.69, 9.17) is 4.74 Å². The van der Waals surface area contributed by atoms with Crippen LogP contribution in [0.2, 0.25) is 0 Å². The highest BCUT2D eigenvalue weighted by Gasteiger charge is 2.23. The molecule has 22 heavy (non-hydrogen) atoms. The fourth-order valence-corrected chi connectivity index (χ4v) is 3.63. The van der Waals surface area contributed by atoms with E-state index < -0.39 is 0 Å². The van der Waals surface area contributed by atoms with Crippen LogP contribution in [0.3, 0.4) is 0 Å². The molecule has 0 saturated heterocycles. The average molecular weight is 312 g/mol. The first-order valence-corrected chi connectivity index (χ1v) is 8.82. The third kappa shape index (κ3) is 3.93. The molecular formula is C20H24OS. The highest BCUT2D eigenvalue weighted by molar-refractivity contribution is 7.80. The van der Waals surface area contributed by atoms with Gasteiger partial charge in [-0.15, -0.1) is 0 Å². The van der Waals surface area contributed by atoms with Crippen LogP contribution in [0.4, 0.5) is 0 Å². The second-order valence-corrected chi connectivity index (χ2v) is 6.44. The molecule has 0 heterocycles. The number of hydrogen-bond donors (Lipinski definition) is 1. The summed E-state index contributed by atoms with van der Waals surface area (Å²) in [5.41, 5.74) is 4.23. The number of hydrogen-bond acceptors (Lipinski definition) is 2. The van der Waals surface area contributed by atoms with E-state index in [9.17, 15) is 0 Å². The molecule has 2 aromatic carbocycles. The van der Waals surface area contributed by atoms with Gasteiger partial charge in [-0.25, -0.2) is 0 Å². The highest BCUT2D eigenvalue weighted by atomic mass is 32.1. The molecule has 1 aliphatic carbocycles. The van der Waals surface area contributed by atoms with Crippen LogP contribution >= 0.6 is 12.6 Å². The van der Waals surface area contributed by atoms with E-state index in [2.05, 4.69) is 67.2 Å². The van der Waals surface area contributed by atoms with Crippen molar-refractivity contribution >= 4 is 12.6 Å². The largest absolute Gasteiger partial charge is 0.366 e. The zero-order valence-electron chi connectivity index (χ0n) is 12.9. The standard InChI is InChI=1S/C20H24OS/c22-15-21-14-16-6-8-18(9-7-16)20-12-10-19(11-13-20)17-4-2-1-3-5-17/h1-9,19-20,22H,10-15H2. The highest BCUT2D eigenvalue weighted by Crippen LogP contribution is 2.40. The van der Waals surface area contributed by atoms with Gasteiger partial charge in [0.15, 0.2) is 0 Å². The molecule has 2 heteroatoms. The van der Waals surface area contributed by atoms with Gasteiger partial charge in [0.05, 0.1) is 12.5 Å². The van der Waals surface area contributed by atoms with E-state index in [1.807, 2.05) is 0 Å². The Kier molecular flexibility index (Phi) is 5.58. The fourth-order valence-electron chi connectivity index (χ4n) is 3.53. The van der Waals surface area contributed by atoms with Crippen LogP contribution in [0.1, 0.15) is 54.2 Å². The van der Waals surface area contributed by atoms with Crippen LogP contribution in [-0.4, -0.2) is 5.94 Å². The molecule has 0 bridgehead atoms. The van der Waals surface area contributed by atoms with E-state index in [1.54, 1.807) is 0 Å². The zero-order chi connectivity index (χ0) is 15.2. The molecule has 1 saturated carbocycles. The van der Waals surface area contributed by atoms with E-state index in [0.717, 1.165) is 11.8 Å². The van der Waals surface area contributed by atoms with Gasteiger partial charge in [0.25, 0.3) is 0 Å². The molecule has 0 spiro atoms. The maximum absolute atomic E-state index is 5.33. The molecule has 1 nitrogen and oxygen atoms in total. The van der Waals surface area contributed by atoms with Crippen LogP contribution in [0.5, 0.6) is 0 Å². The normalized spacial score (nSPS) is 21.7. The smallest absolute Gasteiger partial charge is 0.0897 e. The van der Waals surface area contributed by atoms with Crippen molar-refractivity contribution in [1.29, 1.82) is 0 Å². The third-order valence-corrected chi connectivity index (χ3v) is 4.99.